The van der Waals surface area contributed by atoms with Gasteiger partial charge >= 0.3 is 12.1 Å². The number of ketones is 2. The molecule has 2 unspecified atom stereocenters. The fraction of sp³-hybridized carbons (Fsp3) is 0.643. The molecular weight excluding hydrogens is 531 g/mol. The van der Waals surface area contributed by atoms with Crippen LogP contribution in [0.25, 0.3) is 0 Å². The Morgan fingerprint density at radius 2 is 1.75 bits per heavy atom. The first-order valence-electron chi connectivity index (χ1n) is 13.4. The lowest BCUT2D eigenvalue weighted by Crippen LogP contribution is -2.68. The summed E-state index contributed by atoms with van der Waals surface area (Å²) >= 11 is 0. The van der Waals surface area contributed by atoms with E-state index in [4.69, 9.17) is 10.5 Å². The molecule has 1 heterocycles. The molecule has 9 nitrogen and oxygen atoms in total. The van der Waals surface area contributed by atoms with Gasteiger partial charge in [-0.1, -0.05) is 39.8 Å². The number of hydrogen-bond donors (Lipinski definition) is 4. The molecule has 1 amide bonds. The van der Waals surface area contributed by atoms with E-state index in [0.29, 0.717) is 18.4 Å². The predicted octanol–water partition coefficient (Wildman–Crippen LogP) is 2.47. The van der Waals surface area contributed by atoms with Crippen LogP contribution in [0.2, 0.25) is 0 Å². The minimum Gasteiger partial charge on any atom is -0.462 e. The average molecular weight is 572 g/mol. The third-order valence-electron chi connectivity index (χ3n) is 7.54. The number of nitrogens with two attached hydrogens (primary N) is 1. The first-order valence-corrected chi connectivity index (χ1v) is 13.4. The molecule has 224 valence electrons. The highest BCUT2D eigenvalue weighted by atomic mass is 19.4. The predicted molar refractivity (Wildman–Crippen MR) is 141 cm³/mol. The molecule has 1 aromatic rings. The zero-order chi connectivity index (χ0) is 30.5. The number of aliphatic hydroxyl groups excluding tert-OH is 1. The van der Waals surface area contributed by atoms with Gasteiger partial charge < -0.3 is 20.9 Å². The largest absolute Gasteiger partial charge is 0.462 e. The normalized spacial score (nSPS) is 20.1. The quantitative estimate of drug-likeness (QED) is 0.209. The standard InChI is InChI=1S/C28H40F3N3O6/c1-6-40-24(38)18-11-8-17(9-12-18)10-13-19(35)26(4,5)21(32)23(37)27(14-7-15-33-27)25(39)34-20(16(2)3)22(36)28(29,30)31/h8-9,11-12,16,20-22,33,36H,6-7,10,13-15,32H2,1-5H3,(H,34,39)/t20?,21-,22?,27+/m1/s1. The molecule has 1 aliphatic heterocycles. The van der Waals surface area contributed by atoms with Gasteiger partial charge in [0.15, 0.2) is 17.4 Å². The molecule has 1 saturated heterocycles. The summed E-state index contributed by atoms with van der Waals surface area (Å²) in [6.07, 6.45) is -7.12. The molecule has 0 aliphatic carbocycles. The van der Waals surface area contributed by atoms with Crippen LogP contribution in [0.4, 0.5) is 13.2 Å². The highest BCUT2D eigenvalue weighted by Crippen LogP contribution is 2.32. The molecule has 0 spiro atoms. The van der Waals surface area contributed by atoms with Crippen molar-refractivity contribution in [1.82, 2.24) is 10.6 Å². The summed E-state index contributed by atoms with van der Waals surface area (Å²) in [5.41, 5.74) is 4.11. The van der Waals surface area contributed by atoms with E-state index in [9.17, 15) is 37.5 Å². The number of carbonyl (C=O) groups excluding carboxylic acids is 4. The summed E-state index contributed by atoms with van der Waals surface area (Å²) in [4.78, 5) is 52.1. The molecule has 0 aromatic heterocycles. The number of halogens is 3. The van der Waals surface area contributed by atoms with E-state index in [-0.39, 0.29) is 31.8 Å². The van der Waals surface area contributed by atoms with Crippen LogP contribution in [0.3, 0.4) is 0 Å². The molecule has 1 aliphatic rings. The van der Waals surface area contributed by atoms with E-state index in [0.717, 1.165) is 5.56 Å². The third-order valence-corrected chi connectivity index (χ3v) is 7.54. The van der Waals surface area contributed by atoms with Crippen molar-refractivity contribution in [3.05, 3.63) is 35.4 Å². The van der Waals surface area contributed by atoms with E-state index in [1.165, 1.54) is 27.7 Å². The van der Waals surface area contributed by atoms with Crippen LogP contribution < -0.4 is 16.4 Å². The van der Waals surface area contributed by atoms with Crippen molar-refractivity contribution in [2.45, 2.75) is 90.2 Å². The first kappa shape index (κ1) is 33.4. The third kappa shape index (κ3) is 7.46. The lowest BCUT2D eigenvalue weighted by atomic mass is 9.72. The summed E-state index contributed by atoms with van der Waals surface area (Å²) in [5.74, 6) is -3.42. The van der Waals surface area contributed by atoms with E-state index in [2.05, 4.69) is 10.6 Å². The van der Waals surface area contributed by atoms with Gasteiger partial charge in [0.25, 0.3) is 0 Å². The second kappa shape index (κ2) is 13.2. The molecule has 2 rings (SSSR count). The van der Waals surface area contributed by atoms with Crippen LogP contribution in [-0.2, 0) is 25.5 Å². The van der Waals surface area contributed by atoms with Crippen molar-refractivity contribution in [1.29, 1.82) is 0 Å². The molecule has 12 heteroatoms. The number of alkyl halides is 3. The second-order valence-corrected chi connectivity index (χ2v) is 11.1. The van der Waals surface area contributed by atoms with Crippen molar-refractivity contribution >= 4 is 23.4 Å². The van der Waals surface area contributed by atoms with Crippen LogP contribution in [-0.4, -0.2) is 71.6 Å². The number of benzene rings is 1. The molecule has 5 N–H and O–H groups in total. The number of ether oxygens (including phenoxy) is 1. The molecule has 0 saturated carbocycles. The summed E-state index contributed by atoms with van der Waals surface area (Å²) in [5, 5.41) is 14.9. The smallest absolute Gasteiger partial charge is 0.416 e. The topological polar surface area (TPSA) is 148 Å². The molecular formula is C28H40F3N3O6. The Morgan fingerprint density at radius 3 is 2.23 bits per heavy atom. The van der Waals surface area contributed by atoms with Gasteiger partial charge in [0, 0.05) is 11.8 Å². The maximum atomic E-state index is 13.7. The summed E-state index contributed by atoms with van der Waals surface area (Å²) in [7, 11) is 0. The van der Waals surface area contributed by atoms with Crippen LogP contribution in [0.5, 0.6) is 0 Å². The van der Waals surface area contributed by atoms with Gasteiger partial charge in [-0.05, 0) is 56.3 Å². The van der Waals surface area contributed by atoms with E-state index in [1.54, 1.807) is 31.2 Å². The zero-order valence-corrected chi connectivity index (χ0v) is 23.6. The van der Waals surface area contributed by atoms with Crippen LogP contribution in [0.1, 0.15) is 69.8 Å². The van der Waals surface area contributed by atoms with Gasteiger partial charge in [0.1, 0.15) is 5.78 Å². The van der Waals surface area contributed by atoms with E-state index in [1.807, 2.05) is 0 Å². The van der Waals surface area contributed by atoms with E-state index >= 15 is 0 Å². The Balaban J connectivity index is 2.17. The Labute approximate surface area is 232 Å². The fourth-order valence-corrected chi connectivity index (χ4v) is 4.72. The number of aliphatic hydroxyl groups is 1. The summed E-state index contributed by atoms with van der Waals surface area (Å²) in [6.45, 7) is 8.00. The number of carbonyl (C=O) groups is 4. The average Bonchev–Trinajstić information content (AvgIpc) is 3.40. The minimum atomic E-state index is -4.98. The number of esters is 1. The lowest BCUT2D eigenvalue weighted by molar-refractivity contribution is -0.215. The lowest BCUT2D eigenvalue weighted by Gasteiger charge is -2.37. The first-order chi connectivity index (χ1) is 18.5. The van der Waals surface area contributed by atoms with Gasteiger partial charge in [-0.15, -0.1) is 0 Å². The highest BCUT2D eigenvalue weighted by molar-refractivity contribution is 6.14. The Kier molecular flexibility index (Phi) is 11.0. The summed E-state index contributed by atoms with van der Waals surface area (Å²) in [6, 6.07) is 3.44. The van der Waals surface area contributed by atoms with Gasteiger partial charge in [0.2, 0.25) is 5.91 Å². The van der Waals surface area contributed by atoms with Gasteiger partial charge in [0.05, 0.1) is 24.3 Å². The molecule has 1 fully saturated rings. The minimum absolute atomic E-state index is 0.0185. The molecule has 40 heavy (non-hydrogen) atoms. The van der Waals surface area contributed by atoms with Crippen molar-refractivity contribution in [2.24, 2.45) is 17.1 Å². The number of rotatable bonds is 13. The maximum Gasteiger partial charge on any atom is 0.416 e. The Morgan fingerprint density at radius 1 is 1.15 bits per heavy atom. The van der Waals surface area contributed by atoms with E-state index < -0.39 is 58.9 Å². The molecule has 0 radical (unpaired) electrons. The van der Waals surface area contributed by atoms with Crippen molar-refractivity contribution in [3.8, 4) is 0 Å². The summed E-state index contributed by atoms with van der Waals surface area (Å²) < 4.78 is 44.7. The molecule has 0 bridgehead atoms. The second-order valence-electron chi connectivity index (χ2n) is 11.1. The van der Waals surface area contributed by atoms with Gasteiger partial charge in [-0.25, -0.2) is 4.79 Å². The number of hydrogen-bond acceptors (Lipinski definition) is 8. The fourth-order valence-electron chi connectivity index (χ4n) is 4.72. The van der Waals surface area contributed by atoms with Gasteiger partial charge in [-0.3, -0.25) is 19.7 Å². The Hall–Kier alpha value is -2.83. The molecule has 4 atom stereocenters. The zero-order valence-electron chi connectivity index (χ0n) is 23.6. The van der Waals surface area contributed by atoms with Crippen molar-refractivity contribution in [2.75, 3.05) is 13.2 Å². The number of nitrogens with one attached hydrogen (secondary N) is 2. The van der Waals surface area contributed by atoms with Gasteiger partial charge in [-0.2, -0.15) is 13.2 Å². The SMILES string of the molecule is CCOC(=O)c1ccc(CCC(=O)C(C)(C)[C@H](N)C(=O)[C@]2(C(=O)NC(C(C)C)C(O)C(F)(F)F)CCCN2)cc1. The Bertz CT molecular complexity index is 1070. The monoisotopic (exact) mass is 571 g/mol. The van der Waals surface area contributed by atoms with Crippen molar-refractivity contribution < 1.29 is 42.2 Å². The number of amides is 1. The van der Waals surface area contributed by atoms with Crippen LogP contribution in [0.15, 0.2) is 24.3 Å². The van der Waals surface area contributed by atoms with Crippen LogP contribution in [0, 0.1) is 11.3 Å². The number of aryl methyl sites for hydroxylation is 1. The van der Waals surface area contributed by atoms with Crippen molar-refractivity contribution in [3.63, 3.8) is 0 Å². The maximum absolute atomic E-state index is 13.7. The van der Waals surface area contributed by atoms with Crippen LogP contribution >= 0.6 is 0 Å². The number of Topliss-reactive ketones (excluding diaryl/α,β-unsaturated/α-hetero) is 2. The highest BCUT2D eigenvalue weighted by Gasteiger charge is 2.55. The molecule has 1 aromatic carbocycles.